The fourth-order valence-electron chi connectivity index (χ4n) is 2.07. The first kappa shape index (κ1) is 9.93. The van der Waals surface area contributed by atoms with Gasteiger partial charge in [0.25, 0.3) is 0 Å². The van der Waals surface area contributed by atoms with Gasteiger partial charge in [0.1, 0.15) is 0 Å². The lowest BCUT2D eigenvalue weighted by Gasteiger charge is -2.42. The molecule has 0 amide bonds. The number of fused-ring (bicyclic) bond motifs is 1. The van der Waals surface area contributed by atoms with Gasteiger partial charge in [0.15, 0.2) is 11.5 Å². The molecule has 1 fully saturated rings. The third kappa shape index (κ3) is 1.37. The maximum atomic E-state index is 10.3. The maximum absolute atomic E-state index is 10.3. The van der Waals surface area contributed by atoms with Gasteiger partial charge in [-0.25, -0.2) is 0 Å². The number of benzene rings is 1. The highest BCUT2D eigenvalue weighted by molar-refractivity contribution is 5.45. The first-order valence-electron chi connectivity index (χ1n) is 5.34. The van der Waals surface area contributed by atoms with Crippen molar-refractivity contribution >= 4 is 0 Å². The zero-order chi connectivity index (χ0) is 11.2. The third-order valence-corrected chi connectivity index (χ3v) is 3.24. The summed E-state index contributed by atoms with van der Waals surface area (Å²) in [4.78, 5) is 0. The molecule has 1 aromatic rings. The Balaban J connectivity index is 1.89. The molecule has 4 nitrogen and oxygen atoms in total. The topological polar surface area (TPSA) is 47.9 Å². The van der Waals surface area contributed by atoms with E-state index in [0.717, 1.165) is 11.3 Å². The van der Waals surface area contributed by atoms with E-state index in [1.165, 1.54) is 0 Å². The van der Waals surface area contributed by atoms with Crippen molar-refractivity contribution in [3.63, 3.8) is 0 Å². The molecule has 2 aliphatic rings. The first-order valence-corrected chi connectivity index (χ1v) is 5.34. The van der Waals surface area contributed by atoms with Gasteiger partial charge in [-0.15, -0.1) is 0 Å². The Kier molecular flexibility index (Phi) is 2.09. The van der Waals surface area contributed by atoms with Gasteiger partial charge < -0.3 is 19.3 Å². The fourth-order valence-corrected chi connectivity index (χ4v) is 2.07. The fraction of sp³-hybridized carbons (Fsp3) is 0.500. The summed E-state index contributed by atoms with van der Waals surface area (Å²) in [6, 6.07) is 5.56. The lowest BCUT2D eigenvalue weighted by molar-refractivity contribution is -0.163. The average molecular weight is 222 g/mol. The summed E-state index contributed by atoms with van der Waals surface area (Å²) in [7, 11) is 0. The van der Waals surface area contributed by atoms with Crippen molar-refractivity contribution in [3.8, 4) is 11.5 Å². The van der Waals surface area contributed by atoms with Crippen molar-refractivity contribution in [2.24, 2.45) is 5.41 Å². The summed E-state index contributed by atoms with van der Waals surface area (Å²) in [6.07, 6.45) is -0.518. The van der Waals surface area contributed by atoms with Crippen LogP contribution in [-0.2, 0) is 4.74 Å². The molecule has 0 radical (unpaired) electrons. The van der Waals surface area contributed by atoms with Crippen LogP contribution in [0, 0.1) is 5.41 Å². The predicted octanol–water partition coefficient (Wildman–Crippen LogP) is 1.49. The molecule has 3 rings (SSSR count). The highest BCUT2D eigenvalue weighted by atomic mass is 16.7. The first-order chi connectivity index (χ1) is 7.69. The van der Waals surface area contributed by atoms with Crippen molar-refractivity contribution in [2.45, 2.75) is 13.0 Å². The lowest BCUT2D eigenvalue weighted by Crippen LogP contribution is -2.44. The largest absolute Gasteiger partial charge is 0.454 e. The normalized spacial score (nSPS) is 22.6. The minimum atomic E-state index is -0.518. The molecule has 2 heterocycles. The van der Waals surface area contributed by atoms with E-state index in [4.69, 9.17) is 14.2 Å². The van der Waals surface area contributed by atoms with Crippen LogP contribution in [0.2, 0.25) is 0 Å². The quantitative estimate of drug-likeness (QED) is 0.823. The van der Waals surface area contributed by atoms with E-state index in [2.05, 4.69) is 0 Å². The molecule has 1 atom stereocenters. The van der Waals surface area contributed by atoms with E-state index in [-0.39, 0.29) is 12.2 Å². The Morgan fingerprint density at radius 3 is 2.69 bits per heavy atom. The number of rotatable bonds is 2. The Hall–Kier alpha value is -1.26. The molecule has 1 N–H and O–H groups in total. The molecule has 16 heavy (non-hydrogen) atoms. The van der Waals surface area contributed by atoms with E-state index in [0.29, 0.717) is 19.0 Å². The van der Waals surface area contributed by atoms with Gasteiger partial charge in [0.05, 0.1) is 19.3 Å². The van der Waals surface area contributed by atoms with Crippen LogP contribution in [0.4, 0.5) is 0 Å². The summed E-state index contributed by atoms with van der Waals surface area (Å²) in [5, 5.41) is 10.3. The van der Waals surface area contributed by atoms with E-state index in [1.807, 2.05) is 25.1 Å². The minimum Gasteiger partial charge on any atom is -0.454 e. The average Bonchev–Trinajstić information content (AvgIpc) is 2.71. The molecular formula is C12H14O4. The zero-order valence-corrected chi connectivity index (χ0v) is 9.10. The second-order valence-electron chi connectivity index (χ2n) is 4.66. The van der Waals surface area contributed by atoms with Crippen molar-refractivity contribution in [2.75, 3.05) is 20.0 Å². The van der Waals surface area contributed by atoms with Gasteiger partial charge in [0.2, 0.25) is 6.79 Å². The lowest BCUT2D eigenvalue weighted by atomic mass is 9.79. The molecule has 86 valence electrons. The number of hydrogen-bond acceptors (Lipinski definition) is 4. The van der Waals surface area contributed by atoms with E-state index in [9.17, 15) is 5.11 Å². The van der Waals surface area contributed by atoms with Gasteiger partial charge in [0, 0.05) is 5.41 Å². The SMILES string of the molecule is CC1(C(O)c2ccc3c(c2)OCO3)COC1. The van der Waals surface area contributed by atoms with Gasteiger partial charge in [-0.3, -0.25) is 0 Å². The van der Waals surface area contributed by atoms with Crippen LogP contribution in [0.25, 0.3) is 0 Å². The summed E-state index contributed by atoms with van der Waals surface area (Å²) in [5.41, 5.74) is 0.684. The van der Waals surface area contributed by atoms with E-state index in [1.54, 1.807) is 0 Å². The van der Waals surface area contributed by atoms with Gasteiger partial charge in [-0.1, -0.05) is 13.0 Å². The highest BCUT2D eigenvalue weighted by Crippen LogP contribution is 2.42. The molecule has 1 unspecified atom stereocenters. The number of ether oxygens (including phenoxy) is 3. The number of hydrogen-bond donors (Lipinski definition) is 1. The second-order valence-corrected chi connectivity index (χ2v) is 4.66. The van der Waals surface area contributed by atoms with Crippen LogP contribution >= 0.6 is 0 Å². The minimum absolute atomic E-state index is 0.173. The zero-order valence-electron chi connectivity index (χ0n) is 9.10. The van der Waals surface area contributed by atoms with Crippen molar-refractivity contribution in [1.29, 1.82) is 0 Å². The molecule has 0 bridgehead atoms. The number of aliphatic hydroxyl groups excluding tert-OH is 1. The standard InChI is InChI=1S/C12H14O4/c1-12(5-14-6-12)11(13)8-2-3-9-10(4-8)16-7-15-9/h2-4,11,13H,5-7H2,1H3. The molecule has 1 aromatic carbocycles. The highest BCUT2D eigenvalue weighted by Gasteiger charge is 2.41. The van der Waals surface area contributed by atoms with E-state index >= 15 is 0 Å². The predicted molar refractivity (Wildman–Crippen MR) is 56.5 cm³/mol. The second kappa shape index (κ2) is 3.37. The summed E-state index contributed by atoms with van der Waals surface area (Å²) >= 11 is 0. The number of aliphatic hydroxyl groups is 1. The Labute approximate surface area is 93.7 Å². The van der Waals surface area contributed by atoms with Crippen LogP contribution in [0.3, 0.4) is 0 Å². The smallest absolute Gasteiger partial charge is 0.231 e. The van der Waals surface area contributed by atoms with Crippen LogP contribution < -0.4 is 9.47 Å². The molecule has 0 aliphatic carbocycles. The molecular weight excluding hydrogens is 208 g/mol. The molecule has 0 spiro atoms. The summed E-state index contributed by atoms with van der Waals surface area (Å²) in [5.74, 6) is 1.45. The van der Waals surface area contributed by atoms with Gasteiger partial charge >= 0.3 is 0 Å². The molecule has 1 saturated heterocycles. The third-order valence-electron chi connectivity index (χ3n) is 3.24. The molecule has 0 aromatic heterocycles. The van der Waals surface area contributed by atoms with E-state index < -0.39 is 6.10 Å². The van der Waals surface area contributed by atoms with Crippen LogP contribution in [0.15, 0.2) is 18.2 Å². The maximum Gasteiger partial charge on any atom is 0.231 e. The summed E-state index contributed by atoms with van der Waals surface area (Å²) < 4.78 is 15.7. The Morgan fingerprint density at radius 2 is 2.00 bits per heavy atom. The van der Waals surface area contributed by atoms with Crippen molar-refractivity contribution < 1.29 is 19.3 Å². The van der Waals surface area contributed by atoms with Crippen LogP contribution in [-0.4, -0.2) is 25.1 Å². The molecule has 4 heteroatoms. The van der Waals surface area contributed by atoms with Crippen molar-refractivity contribution in [1.82, 2.24) is 0 Å². The molecule has 0 saturated carbocycles. The Bertz CT molecular complexity index is 411. The van der Waals surface area contributed by atoms with Crippen LogP contribution in [0.1, 0.15) is 18.6 Å². The summed E-state index contributed by atoms with van der Waals surface area (Å²) in [6.45, 7) is 3.48. The van der Waals surface area contributed by atoms with Crippen LogP contribution in [0.5, 0.6) is 11.5 Å². The van der Waals surface area contributed by atoms with Gasteiger partial charge in [-0.05, 0) is 17.7 Å². The monoisotopic (exact) mass is 222 g/mol. The van der Waals surface area contributed by atoms with Gasteiger partial charge in [-0.2, -0.15) is 0 Å². The molecule has 2 aliphatic heterocycles. The van der Waals surface area contributed by atoms with Crippen molar-refractivity contribution in [3.05, 3.63) is 23.8 Å². The Morgan fingerprint density at radius 1 is 1.25 bits per heavy atom.